The predicted octanol–water partition coefficient (Wildman–Crippen LogP) is 4.76. The van der Waals surface area contributed by atoms with E-state index in [1.165, 1.54) is 6.07 Å². The van der Waals surface area contributed by atoms with Gasteiger partial charge in [0.05, 0.1) is 4.92 Å². The van der Waals surface area contributed by atoms with Crippen molar-refractivity contribution in [3.8, 4) is 0 Å². The van der Waals surface area contributed by atoms with Gasteiger partial charge in [0, 0.05) is 33.9 Å². The van der Waals surface area contributed by atoms with Gasteiger partial charge in [0.1, 0.15) is 0 Å². The van der Waals surface area contributed by atoms with Gasteiger partial charge in [-0.1, -0.05) is 27.5 Å². The molecule has 2 aromatic carbocycles. The first kappa shape index (κ1) is 14.7. The van der Waals surface area contributed by atoms with Gasteiger partial charge in [-0.25, -0.2) is 0 Å². The van der Waals surface area contributed by atoms with Gasteiger partial charge in [0.25, 0.3) is 0 Å². The van der Waals surface area contributed by atoms with E-state index in [2.05, 4.69) is 21.2 Å². The van der Waals surface area contributed by atoms with Gasteiger partial charge in [0.15, 0.2) is 0 Å². The molecule has 0 atom stereocenters. The summed E-state index contributed by atoms with van der Waals surface area (Å²) in [6, 6.07) is 9.07. The summed E-state index contributed by atoms with van der Waals surface area (Å²) in [7, 11) is 0. The van der Waals surface area contributed by atoms with Crippen LogP contribution >= 0.6 is 27.5 Å². The first-order valence-electron chi connectivity index (χ1n) is 5.59. The highest BCUT2D eigenvalue weighted by molar-refractivity contribution is 9.10. The van der Waals surface area contributed by atoms with Gasteiger partial charge in [-0.15, -0.1) is 0 Å². The molecule has 0 radical (unpaired) electrons. The van der Waals surface area contributed by atoms with E-state index in [1.54, 1.807) is 6.07 Å². The Balaban J connectivity index is 2.13. The molecule has 1 N–H and O–H groups in total. The highest BCUT2D eigenvalue weighted by Crippen LogP contribution is 2.24. The second kappa shape index (κ2) is 6.19. The van der Waals surface area contributed by atoms with E-state index >= 15 is 0 Å². The first-order valence-corrected chi connectivity index (χ1v) is 6.76. The molecule has 0 aliphatic heterocycles. The van der Waals surface area contributed by atoms with E-state index in [4.69, 9.17) is 11.6 Å². The van der Waals surface area contributed by atoms with Crippen LogP contribution in [-0.4, -0.2) is 4.92 Å². The van der Waals surface area contributed by atoms with Crippen LogP contribution in [0.15, 0.2) is 40.9 Å². The van der Waals surface area contributed by atoms with Gasteiger partial charge in [-0.3, -0.25) is 10.1 Å². The molecule has 2 rings (SSSR count). The largest absolute Gasteiger partial charge is 0.381 e. The monoisotopic (exact) mass is 358 g/mol. The fourth-order valence-corrected chi connectivity index (χ4v) is 2.23. The molecule has 0 aliphatic rings. The minimum atomic E-state index is -0.875. The molecule has 104 valence electrons. The molecule has 0 aliphatic carbocycles. The Hall–Kier alpha value is -1.66. The summed E-state index contributed by atoms with van der Waals surface area (Å²) >= 11 is 9.37. The molecule has 20 heavy (non-hydrogen) atoms. The number of hydrogen-bond acceptors (Lipinski definition) is 3. The third-order valence-electron chi connectivity index (χ3n) is 2.64. The molecule has 0 saturated carbocycles. The van der Waals surface area contributed by atoms with E-state index in [1.807, 2.05) is 12.1 Å². The van der Waals surface area contributed by atoms with Crippen molar-refractivity contribution >= 4 is 38.9 Å². The van der Waals surface area contributed by atoms with Crippen molar-refractivity contribution in [2.45, 2.75) is 6.54 Å². The van der Waals surface area contributed by atoms with Gasteiger partial charge < -0.3 is 5.32 Å². The summed E-state index contributed by atoms with van der Waals surface area (Å²) in [6.07, 6.45) is 0. The minimum absolute atomic E-state index is 0.384. The van der Waals surface area contributed by atoms with Crippen molar-refractivity contribution in [2.75, 3.05) is 5.32 Å². The Kier molecular flexibility index (Phi) is 4.57. The molecule has 0 saturated heterocycles. The summed E-state index contributed by atoms with van der Waals surface area (Å²) < 4.78 is 14.3. The molecule has 0 bridgehead atoms. The lowest BCUT2D eigenvalue weighted by Crippen LogP contribution is -2.01. The highest BCUT2D eigenvalue weighted by Gasteiger charge is 2.13. The normalized spacial score (nSPS) is 10.3. The molecular weight excluding hydrogens is 351 g/mol. The first-order chi connectivity index (χ1) is 9.47. The number of nitrogens with zero attached hydrogens (tertiary/aromatic N) is 1. The Bertz CT molecular complexity index is 667. The number of hydrogen-bond donors (Lipinski definition) is 1. The Labute approximate surface area is 127 Å². The number of halogens is 3. The molecule has 0 spiro atoms. The number of nitro benzene ring substituents is 1. The molecule has 0 amide bonds. The third kappa shape index (κ3) is 3.46. The van der Waals surface area contributed by atoms with Crippen molar-refractivity contribution in [1.82, 2.24) is 0 Å². The second-order valence-electron chi connectivity index (χ2n) is 4.01. The molecule has 0 fully saturated rings. The lowest BCUT2D eigenvalue weighted by Gasteiger charge is -2.08. The Morgan fingerprint density at radius 3 is 2.70 bits per heavy atom. The highest BCUT2D eigenvalue weighted by atomic mass is 79.9. The van der Waals surface area contributed by atoms with Crippen molar-refractivity contribution in [1.29, 1.82) is 0 Å². The zero-order valence-electron chi connectivity index (χ0n) is 10.1. The second-order valence-corrected chi connectivity index (χ2v) is 5.34. The fourth-order valence-electron chi connectivity index (χ4n) is 1.64. The average Bonchev–Trinajstić information content (AvgIpc) is 2.39. The third-order valence-corrected chi connectivity index (χ3v) is 3.50. The topological polar surface area (TPSA) is 55.2 Å². The number of benzene rings is 2. The Morgan fingerprint density at radius 2 is 2.05 bits per heavy atom. The number of nitro groups is 1. The molecule has 0 heterocycles. The summed E-state index contributed by atoms with van der Waals surface area (Å²) in [5, 5.41) is 14.1. The number of rotatable bonds is 4. The van der Waals surface area contributed by atoms with Gasteiger partial charge in [-0.2, -0.15) is 4.39 Å². The maximum Gasteiger partial charge on any atom is 0.304 e. The van der Waals surface area contributed by atoms with E-state index in [0.29, 0.717) is 17.3 Å². The summed E-state index contributed by atoms with van der Waals surface area (Å²) in [6.45, 7) is 0.384. The molecule has 2 aromatic rings. The number of nitrogens with one attached hydrogen (secondary N) is 1. The summed E-state index contributed by atoms with van der Waals surface area (Å²) in [5.41, 5.74) is 0.736. The fraction of sp³-hybridized carbons (Fsp3) is 0.0769. The lowest BCUT2D eigenvalue weighted by molar-refractivity contribution is -0.387. The minimum Gasteiger partial charge on any atom is -0.381 e. The van der Waals surface area contributed by atoms with Crippen LogP contribution in [-0.2, 0) is 6.54 Å². The van der Waals surface area contributed by atoms with Crippen LogP contribution in [0.4, 0.5) is 15.8 Å². The van der Waals surface area contributed by atoms with E-state index in [-0.39, 0.29) is 0 Å². The van der Waals surface area contributed by atoms with Crippen molar-refractivity contribution in [3.05, 3.63) is 67.4 Å². The van der Waals surface area contributed by atoms with Crippen LogP contribution in [0.3, 0.4) is 0 Å². The standard InChI is InChI=1S/C13H9BrClFN2O2/c14-9-1-3-11(15)8(5-9)7-17-10-2-4-13(18(19)20)12(16)6-10/h1-6,17H,7H2. The van der Waals surface area contributed by atoms with Gasteiger partial charge in [0.2, 0.25) is 5.82 Å². The summed E-state index contributed by atoms with van der Waals surface area (Å²) in [4.78, 5) is 9.76. The van der Waals surface area contributed by atoms with Crippen molar-refractivity contribution < 1.29 is 9.31 Å². The zero-order valence-corrected chi connectivity index (χ0v) is 12.4. The maximum absolute atomic E-state index is 13.5. The predicted molar refractivity (Wildman–Crippen MR) is 79.5 cm³/mol. The quantitative estimate of drug-likeness (QED) is 0.632. The van der Waals surface area contributed by atoms with Crippen LogP contribution in [0.25, 0.3) is 0 Å². The smallest absolute Gasteiger partial charge is 0.304 e. The van der Waals surface area contributed by atoms with Crippen LogP contribution in [0.1, 0.15) is 5.56 Å². The zero-order chi connectivity index (χ0) is 14.7. The van der Waals surface area contributed by atoms with E-state index in [9.17, 15) is 14.5 Å². The molecule has 0 unspecified atom stereocenters. The van der Waals surface area contributed by atoms with E-state index < -0.39 is 16.4 Å². The van der Waals surface area contributed by atoms with E-state index in [0.717, 1.165) is 22.2 Å². The van der Waals surface area contributed by atoms with Gasteiger partial charge in [-0.05, 0) is 29.8 Å². The summed E-state index contributed by atoms with van der Waals surface area (Å²) in [5.74, 6) is -0.875. The Morgan fingerprint density at radius 1 is 1.30 bits per heavy atom. The molecule has 4 nitrogen and oxygen atoms in total. The van der Waals surface area contributed by atoms with Crippen molar-refractivity contribution in [3.63, 3.8) is 0 Å². The molecular formula is C13H9BrClFN2O2. The van der Waals surface area contributed by atoms with Crippen LogP contribution in [0.2, 0.25) is 5.02 Å². The van der Waals surface area contributed by atoms with Crippen LogP contribution in [0, 0.1) is 15.9 Å². The average molecular weight is 360 g/mol. The molecule has 0 aromatic heterocycles. The SMILES string of the molecule is O=[N+]([O-])c1ccc(NCc2cc(Br)ccc2Cl)cc1F. The number of anilines is 1. The maximum atomic E-state index is 13.5. The van der Waals surface area contributed by atoms with Crippen LogP contribution in [0.5, 0.6) is 0 Å². The van der Waals surface area contributed by atoms with Crippen LogP contribution < -0.4 is 5.32 Å². The molecule has 7 heteroatoms. The van der Waals surface area contributed by atoms with Gasteiger partial charge >= 0.3 is 5.69 Å². The lowest BCUT2D eigenvalue weighted by atomic mass is 10.2. The van der Waals surface area contributed by atoms with Crippen molar-refractivity contribution in [2.24, 2.45) is 0 Å².